The van der Waals surface area contributed by atoms with Crippen molar-refractivity contribution in [3.63, 3.8) is 0 Å². The van der Waals surface area contributed by atoms with Crippen LogP contribution in [-0.4, -0.2) is 59.5 Å². The van der Waals surface area contributed by atoms with Crippen LogP contribution in [0.5, 0.6) is 0 Å². The number of amides is 2. The van der Waals surface area contributed by atoms with E-state index in [1.54, 1.807) is 15.9 Å². The van der Waals surface area contributed by atoms with Crippen LogP contribution in [-0.2, 0) is 4.79 Å². The van der Waals surface area contributed by atoms with Crippen LogP contribution in [0.2, 0.25) is 0 Å². The van der Waals surface area contributed by atoms with Crippen molar-refractivity contribution in [2.45, 2.75) is 26.2 Å². The van der Waals surface area contributed by atoms with Gasteiger partial charge in [0.15, 0.2) is 0 Å². The zero-order chi connectivity index (χ0) is 19.7. The van der Waals surface area contributed by atoms with Gasteiger partial charge in [0.1, 0.15) is 11.5 Å². The van der Waals surface area contributed by atoms with Crippen LogP contribution in [0.3, 0.4) is 0 Å². The number of β-amino-alcohol motifs (C(OH)–C–C–N with tert-alkyl or cyclic N) is 1. The summed E-state index contributed by atoms with van der Waals surface area (Å²) in [7, 11) is 0. The highest BCUT2D eigenvalue weighted by molar-refractivity contribution is 6.00. The van der Waals surface area contributed by atoms with Crippen molar-refractivity contribution in [3.05, 3.63) is 47.7 Å². The number of piperidine rings is 1. The number of hydrogen-bond donors (Lipinski definition) is 1. The minimum Gasteiger partial charge on any atom is -0.461 e. The lowest BCUT2D eigenvalue weighted by Crippen LogP contribution is -2.51. The van der Waals surface area contributed by atoms with E-state index >= 15 is 0 Å². The van der Waals surface area contributed by atoms with E-state index in [9.17, 15) is 14.7 Å². The maximum atomic E-state index is 13.3. The Balaban J connectivity index is 1.57. The van der Waals surface area contributed by atoms with Crippen LogP contribution in [0.1, 0.15) is 35.4 Å². The number of likely N-dealkylation sites (tertiary alicyclic amines) is 2. The maximum absolute atomic E-state index is 13.3. The van der Waals surface area contributed by atoms with Gasteiger partial charge in [0.25, 0.3) is 5.91 Å². The second kappa shape index (κ2) is 7.43. The zero-order valence-corrected chi connectivity index (χ0v) is 16.2. The Kier molecular flexibility index (Phi) is 4.98. The lowest BCUT2D eigenvalue weighted by molar-refractivity contribution is -0.146. The second-order valence-corrected chi connectivity index (χ2v) is 7.84. The van der Waals surface area contributed by atoms with Crippen LogP contribution in [0.25, 0.3) is 11.3 Å². The third-order valence-corrected chi connectivity index (χ3v) is 5.96. The van der Waals surface area contributed by atoms with Gasteiger partial charge >= 0.3 is 0 Å². The highest BCUT2D eigenvalue weighted by Gasteiger charge is 2.49. The Bertz CT molecular complexity index is 874. The minimum atomic E-state index is -0.505. The Morgan fingerprint density at radius 2 is 2.00 bits per heavy atom. The van der Waals surface area contributed by atoms with Crippen molar-refractivity contribution < 1.29 is 19.1 Å². The molecular formula is C22H26N2O4. The maximum Gasteiger partial charge on any atom is 0.257 e. The summed E-state index contributed by atoms with van der Waals surface area (Å²) >= 11 is 0. The fraction of sp³-hybridized carbons (Fsp3) is 0.455. The SMILES string of the molecule is Cc1cc(C(=O)N2CC[C@@]3(CCCN(CCO)C3=O)C2)c(-c2ccccc2)o1. The highest BCUT2D eigenvalue weighted by atomic mass is 16.3. The van der Waals surface area contributed by atoms with Gasteiger partial charge in [0.05, 0.1) is 17.6 Å². The van der Waals surface area contributed by atoms with Crippen LogP contribution >= 0.6 is 0 Å². The fourth-order valence-corrected chi connectivity index (χ4v) is 4.56. The fourth-order valence-electron chi connectivity index (χ4n) is 4.56. The number of furan rings is 1. The average molecular weight is 382 g/mol. The van der Waals surface area contributed by atoms with E-state index in [1.807, 2.05) is 37.3 Å². The summed E-state index contributed by atoms with van der Waals surface area (Å²) in [6, 6.07) is 11.4. The van der Waals surface area contributed by atoms with Gasteiger partial charge in [-0.1, -0.05) is 30.3 Å². The van der Waals surface area contributed by atoms with Gasteiger partial charge < -0.3 is 19.3 Å². The summed E-state index contributed by atoms with van der Waals surface area (Å²) in [4.78, 5) is 29.8. The van der Waals surface area contributed by atoms with Crippen molar-refractivity contribution >= 4 is 11.8 Å². The molecule has 2 fully saturated rings. The van der Waals surface area contributed by atoms with Gasteiger partial charge in [-0.15, -0.1) is 0 Å². The topological polar surface area (TPSA) is 74.0 Å². The molecule has 1 aromatic heterocycles. The van der Waals surface area contributed by atoms with Gasteiger partial charge in [-0.25, -0.2) is 0 Å². The Morgan fingerprint density at radius 3 is 2.75 bits per heavy atom. The molecule has 0 aliphatic carbocycles. The molecule has 6 heteroatoms. The summed E-state index contributed by atoms with van der Waals surface area (Å²) in [6.45, 7) is 3.87. The molecule has 2 saturated heterocycles. The second-order valence-electron chi connectivity index (χ2n) is 7.84. The summed E-state index contributed by atoms with van der Waals surface area (Å²) in [5, 5.41) is 9.23. The molecular weight excluding hydrogens is 356 g/mol. The predicted molar refractivity (Wildman–Crippen MR) is 105 cm³/mol. The number of carbonyl (C=O) groups is 2. The van der Waals surface area contributed by atoms with E-state index in [-0.39, 0.29) is 18.4 Å². The van der Waals surface area contributed by atoms with Crippen molar-refractivity contribution in [1.82, 2.24) is 9.80 Å². The van der Waals surface area contributed by atoms with Crippen LogP contribution in [0, 0.1) is 12.3 Å². The summed E-state index contributed by atoms with van der Waals surface area (Å²) in [5.41, 5.74) is 0.918. The Hall–Kier alpha value is -2.60. The number of aryl methyl sites for hydroxylation is 1. The van der Waals surface area contributed by atoms with E-state index in [0.717, 1.165) is 18.4 Å². The number of carbonyl (C=O) groups excluding carboxylic acids is 2. The molecule has 6 nitrogen and oxygen atoms in total. The molecule has 1 atom stereocenters. The first kappa shape index (κ1) is 18.7. The van der Waals surface area contributed by atoms with E-state index in [1.165, 1.54) is 0 Å². The lowest BCUT2D eigenvalue weighted by Gasteiger charge is -2.39. The largest absolute Gasteiger partial charge is 0.461 e. The number of benzene rings is 1. The summed E-state index contributed by atoms with van der Waals surface area (Å²) < 4.78 is 5.84. The molecule has 2 amide bonds. The first-order chi connectivity index (χ1) is 13.5. The van der Waals surface area contributed by atoms with Crippen molar-refractivity contribution in [2.24, 2.45) is 5.41 Å². The van der Waals surface area contributed by atoms with Gasteiger partial charge in [0.2, 0.25) is 5.91 Å². The standard InChI is InChI=1S/C22H26N2O4/c1-16-14-18(19(28-16)17-6-3-2-4-7-17)20(26)24-11-9-22(15-24)8-5-10-23(12-13-25)21(22)27/h2-4,6-7,14,25H,5,8-13,15H2,1H3/t22-/m0/s1. The molecule has 2 aromatic rings. The van der Waals surface area contributed by atoms with Gasteiger partial charge in [-0.2, -0.15) is 0 Å². The molecule has 0 saturated carbocycles. The lowest BCUT2D eigenvalue weighted by atomic mass is 9.78. The van der Waals surface area contributed by atoms with Gasteiger partial charge in [0, 0.05) is 31.7 Å². The Morgan fingerprint density at radius 1 is 1.21 bits per heavy atom. The first-order valence-corrected chi connectivity index (χ1v) is 9.89. The molecule has 1 spiro atoms. The minimum absolute atomic E-state index is 0.0286. The highest BCUT2D eigenvalue weighted by Crippen LogP contribution is 2.41. The number of hydrogen-bond acceptors (Lipinski definition) is 4. The van der Waals surface area contributed by atoms with Crippen LogP contribution in [0.4, 0.5) is 0 Å². The quantitative estimate of drug-likeness (QED) is 0.882. The number of aliphatic hydroxyl groups excluding tert-OH is 1. The molecule has 0 unspecified atom stereocenters. The molecule has 2 aliphatic heterocycles. The average Bonchev–Trinajstić information content (AvgIpc) is 3.31. The van der Waals surface area contributed by atoms with E-state index < -0.39 is 5.41 Å². The van der Waals surface area contributed by atoms with Crippen molar-refractivity contribution in [1.29, 1.82) is 0 Å². The number of nitrogens with zero attached hydrogens (tertiary/aromatic N) is 2. The predicted octanol–water partition coefficient (Wildman–Crippen LogP) is 2.70. The zero-order valence-electron chi connectivity index (χ0n) is 16.2. The smallest absolute Gasteiger partial charge is 0.257 e. The van der Waals surface area contributed by atoms with Crippen molar-refractivity contribution in [2.75, 3.05) is 32.8 Å². The Labute approximate surface area is 164 Å². The third-order valence-electron chi connectivity index (χ3n) is 5.96. The molecule has 0 bridgehead atoms. The summed E-state index contributed by atoms with van der Waals surface area (Å²) in [6.07, 6.45) is 2.39. The normalized spacial score (nSPS) is 22.3. The third kappa shape index (κ3) is 3.22. The van der Waals surface area contributed by atoms with Crippen LogP contribution < -0.4 is 0 Å². The molecule has 3 heterocycles. The van der Waals surface area contributed by atoms with Crippen LogP contribution in [0.15, 0.2) is 40.8 Å². The van der Waals surface area contributed by atoms with E-state index in [2.05, 4.69) is 0 Å². The molecule has 1 N–H and O–H groups in total. The van der Waals surface area contributed by atoms with E-state index in [0.29, 0.717) is 49.7 Å². The van der Waals surface area contributed by atoms with Gasteiger partial charge in [-0.05, 0) is 32.3 Å². The molecule has 0 radical (unpaired) electrons. The molecule has 28 heavy (non-hydrogen) atoms. The molecule has 4 rings (SSSR count). The first-order valence-electron chi connectivity index (χ1n) is 9.89. The summed E-state index contributed by atoms with van der Waals surface area (Å²) in [5.74, 6) is 1.27. The van der Waals surface area contributed by atoms with Gasteiger partial charge in [-0.3, -0.25) is 9.59 Å². The molecule has 148 valence electrons. The molecule has 1 aromatic carbocycles. The number of rotatable bonds is 4. The van der Waals surface area contributed by atoms with E-state index in [4.69, 9.17) is 4.42 Å². The van der Waals surface area contributed by atoms with Crippen molar-refractivity contribution in [3.8, 4) is 11.3 Å². The monoisotopic (exact) mass is 382 g/mol. The number of aliphatic hydroxyl groups is 1. The molecule has 2 aliphatic rings.